The van der Waals surface area contributed by atoms with Gasteiger partial charge in [0.25, 0.3) is 0 Å². The molecule has 6 aromatic heterocycles. The molecule has 0 unspecified atom stereocenters. The first-order chi connectivity index (χ1) is 38.0. The molecule has 0 amide bonds. The smallest absolute Gasteiger partial charge is 0.870 e. The Kier molecular flexibility index (Phi) is 31.0. The van der Waals surface area contributed by atoms with Gasteiger partial charge in [-0.1, -0.05) is 108 Å². The Labute approximate surface area is 574 Å². The van der Waals surface area contributed by atoms with Crippen LogP contribution in [0.4, 0.5) is 11.6 Å². The fraction of sp³-hybridized carbons (Fsp3) is 0.278. The Morgan fingerprint density at radius 2 is 0.881 bits per heavy atom. The van der Waals surface area contributed by atoms with Crippen molar-refractivity contribution in [2.45, 2.75) is 61.5 Å². The number of carbonyl (C=O) groups is 2. The van der Waals surface area contributed by atoms with Crippen molar-refractivity contribution < 1.29 is 94.3 Å². The number of fused-ring (bicyclic) bond motifs is 6. The summed E-state index contributed by atoms with van der Waals surface area (Å²) in [5.41, 5.74) is 1.74. The maximum Gasteiger partial charge on any atom is 1.00 e. The van der Waals surface area contributed by atoms with Crippen molar-refractivity contribution in [3.05, 3.63) is 121 Å². The minimum Gasteiger partial charge on any atom is -0.870 e. The van der Waals surface area contributed by atoms with Gasteiger partial charge in [-0.25, -0.2) is 21.2 Å². The SMILES string of the molecule is CCC.CCOC(=O)Cn1c2nc(Cl)c(Cl)cc2c(=O)c2ccc(Cl)c(SC)c21.CSc1c(Cl)ccc2c(=O)c3cc(Cl)c(N(C)C)nc3n(CC(=O)O)c12.CSc1c(Cl)ccc2c(=O)c3cc(Cl)c(N(C)C)nc3n(C[C-]=O)c12.[Na+].[Na+].[OH-].[OH-]. The predicted molar refractivity (Wildman–Crippen MR) is 339 cm³/mol. The van der Waals surface area contributed by atoms with Crippen LogP contribution in [0.3, 0.4) is 0 Å². The molecule has 9 rings (SSSR count). The number of nitrogens with zero attached hydrogens (tertiary/aromatic N) is 8. The third-order valence-electron chi connectivity index (χ3n) is 11.7. The molecule has 0 spiro atoms. The summed E-state index contributed by atoms with van der Waals surface area (Å²) in [7, 11) is 7.15. The molecule has 3 N–H and O–H groups in total. The molecule has 0 bridgehead atoms. The summed E-state index contributed by atoms with van der Waals surface area (Å²) in [6, 6.07) is 14.5. The summed E-state index contributed by atoms with van der Waals surface area (Å²) in [4.78, 5) is 92.6. The zero-order valence-electron chi connectivity index (χ0n) is 47.4. The average Bonchev–Trinajstić information content (AvgIpc) is 2.59. The van der Waals surface area contributed by atoms with E-state index in [9.17, 15) is 33.9 Å². The van der Waals surface area contributed by atoms with Gasteiger partial charge in [-0.15, -0.1) is 35.3 Å². The first-order valence-electron chi connectivity index (χ1n) is 23.9. The molecule has 0 saturated carbocycles. The molecule has 0 fully saturated rings. The third kappa shape index (κ3) is 16.1. The van der Waals surface area contributed by atoms with Crippen molar-refractivity contribution in [3.63, 3.8) is 0 Å². The average molecular weight is 1360 g/mol. The van der Waals surface area contributed by atoms with Crippen LogP contribution in [0.5, 0.6) is 0 Å². The second-order valence-corrected chi connectivity index (χ2v) is 22.7. The van der Waals surface area contributed by atoms with E-state index in [2.05, 4.69) is 28.8 Å². The number of halogens is 7. The molecule has 0 aliphatic heterocycles. The van der Waals surface area contributed by atoms with Gasteiger partial charge in [0.1, 0.15) is 46.8 Å². The monoisotopic (exact) mass is 1360 g/mol. The Morgan fingerprint density at radius 1 is 0.548 bits per heavy atom. The minimum atomic E-state index is -1.05. The minimum absolute atomic E-state index is 0. The third-order valence-corrected chi connectivity index (χ3v) is 16.6. The van der Waals surface area contributed by atoms with Crippen LogP contribution < -0.4 is 85.2 Å². The van der Waals surface area contributed by atoms with Crippen molar-refractivity contribution in [2.75, 3.05) is 63.4 Å². The maximum atomic E-state index is 13.0. The van der Waals surface area contributed by atoms with E-state index < -0.39 is 11.9 Å². The van der Waals surface area contributed by atoms with E-state index >= 15 is 0 Å². The topological polar surface area (TPSA) is 252 Å². The zero-order chi connectivity index (χ0) is 59.2. The van der Waals surface area contributed by atoms with Crippen LogP contribution in [0, 0.1) is 0 Å². The van der Waals surface area contributed by atoms with Gasteiger partial charge in [0.15, 0.2) is 16.3 Å². The molecule has 0 aliphatic carbocycles. The van der Waals surface area contributed by atoms with Crippen molar-refractivity contribution >= 4 is 212 Å². The van der Waals surface area contributed by atoms with E-state index in [0.717, 1.165) is 4.90 Å². The van der Waals surface area contributed by atoms with Crippen LogP contribution in [-0.2, 0) is 38.8 Å². The largest absolute Gasteiger partial charge is 1.00 e. The van der Waals surface area contributed by atoms with Crippen LogP contribution in [0.15, 0.2) is 83.7 Å². The number of esters is 1. The molecule has 438 valence electrons. The summed E-state index contributed by atoms with van der Waals surface area (Å²) in [6.07, 6.45) is 8.67. The molecule has 30 heteroatoms. The van der Waals surface area contributed by atoms with E-state index in [1.165, 1.54) is 58.4 Å². The van der Waals surface area contributed by atoms with Gasteiger partial charge < -0.3 is 49.1 Å². The van der Waals surface area contributed by atoms with Gasteiger partial charge in [0.05, 0.1) is 84.1 Å². The molecule has 0 atom stereocenters. The first-order valence-corrected chi connectivity index (χ1v) is 30.2. The second kappa shape index (κ2) is 33.9. The molecule has 0 saturated heterocycles. The molecular weight excluding hydrogens is 1310 g/mol. The number of aliphatic carboxylic acids is 1. The molecule has 3 aromatic carbocycles. The summed E-state index contributed by atoms with van der Waals surface area (Å²) in [5, 5.41) is 13.9. The summed E-state index contributed by atoms with van der Waals surface area (Å²) in [6.45, 7) is 5.65. The van der Waals surface area contributed by atoms with E-state index in [4.69, 9.17) is 85.9 Å². The van der Waals surface area contributed by atoms with Crippen LogP contribution >= 0.6 is 116 Å². The number of carbonyl (C=O) groups excluding carboxylic acids is 2. The van der Waals surface area contributed by atoms with Crippen molar-refractivity contribution in [2.24, 2.45) is 0 Å². The molecule has 84 heavy (non-hydrogen) atoms. The second-order valence-electron chi connectivity index (χ2n) is 17.5. The predicted octanol–water partition coefficient (Wildman–Crippen LogP) is 7.35. The van der Waals surface area contributed by atoms with Crippen molar-refractivity contribution in [3.8, 4) is 0 Å². The van der Waals surface area contributed by atoms with Crippen LogP contribution in [0.25, 0.3) is 65.8 Å². The number of carboxylic acid groups (broad SMARTS) is 1. The molecule has 0 radical (unpaired) electrons. The van der Waals surface area contributed by atoms with Gasteiger partial charge >= 0.3 is 71.1 Å². The quantitative estimate of drug-likeness (QED) is 0.0313. The molecule has 0 aliphatic rings. The van der Waals surface area contributed by atoms with Gasteiger partial charge in [0, 0.05) is 44.3 Å². The summed E-state index contributed by atoms with van der Waals surface area (Å²) < 4.78 is 9.84. The van der Waals surface area contributed by atoms with E-state index in [1.807, 2.05) is 25.1 Å². The Bertz CT molecular complexity index is 4140. The first kappa shape index (κ1) is 76.8. The standard InChI is InChI=1S/C17H13Cl3N2O3S.C17H15Cl2N3O3S.C17H14Cl2N3O2S.C3H8.2Na.2H2O/c1-3-25-12(23)7-22-13-8(4-5-10(18)15(13)26-2)14(24)9-6-11(19)16(20)21-17(9)22;1-21(2)17-11(19)6-9-14(25)8-4-5-10(18)15(26-3)13(8)22(7-12(23)24)16(9)20-17;1-21(2)17-12(19)8-10-14(24)9-4-5-11(18)15(25-3)13(9)22(6-7-23)16(10)20-17;1-3-2;;;;/h4-6H,3,7H2,1-2H3;4-6H,7H2,1-3H3,(H,23,24);4-5,8H,6H2,1-3H3;3H2,1-2H3;;;2*1H2/q;;-1;;2*+1;;/p-2. The number of benzene rings is 3. The number of aromatic nitrogens is 6. The fourth-order valence-corrected chi connectivity index (χ4v) is 12.6. The molecule has 9 aromatic rings. The van der Waals surface area contributed by atoms with Crippen LogP contribution in [0.1, 0.15) is 27.2 Å². The Hall–Kier alpha value is -3.27. The van der Waals surface area contributed by atoms with Crippen LogP contribution in [0.2, 0.25) is 35.3 Å². The number of hydrogen-bond donors (Lipinski definition) is 1. The fourth-order valence-electron chi connectivity index (χ4n) is 8.47. The Balaban J connectivity index is 0.000000410. The zero-order valence-corrected chi connectivity index (χ0v) is 59.1. The normalized spacial score (nSPS) is 10.5. The van der Waals surface area contributed by atoms with Crippen molar-refractivity contribution in [1.82, 2.24) is 28.7 Å². The van der Waals surface area contributed by atoms with Crippen LogP contribution in [-0.4, -0.2) is 117 Å². The number of pyridine rings is 6. The number of rotatable bonds is 12. The van der Waals surface area contributed by atoms with E-state index in [1.54, 1.807) is 96.5 Å². The molecular formula is C54H52Cl7N8Na2O10S3-. The summed E-state index contributed by atoms with van der Waals surface area (Å²) >= 11 is 47.7. The van der Waals surface area contributed by atoms with Crippen molar-refractivity contribution in [1.29, 1.82) is 0 Å². The number of carboxylic acids is 1. The van der Waals surface area contributed by atoms with Gasteiger partial charge in [-0.3, -0.25) is 24.0 Å². The van der Waals surface area contributed by atoms with Gasteiger partial charge in [0.2, 0.25) is 0 Å². The number of anilines is 2. The maximum absolute atomic E-state index is 13.0. The number of ether oxygens (including phenoxy) is 1. The number of thioether (sulfide) groups is 3. The molecule has 18 nitrogen and oxygen atoms in total. The summed E-state index contributed by atoms with van der Waals surface area (Å²) in [5.74, 6) is -0.546. The van der Waals surface area contributed by atoms with Gasteiger partial charge in [-0.2, -0.15) is 0 Å². The number of hydrogen-bond acceptors (Lipinski definition) is 17. The molecule has 6 heterocycles. The Morgan fingerprint density at radius 3 is 1.21 bits per heavy atom. The van der Waals surface area contributed by atoms with Gasteiger partial charge in [-0.05, 0) is 80.3 Å². The van der Waals surface area contributed by atoms with E-state index in [-0.39, 0.29) is 145 Å². The van der Waals surface area contributed by atoms with E-state index in [0.29, 0.717) is 90.3 Å².